The maximum absolute atomic E-state index is 5.81. The molecule has 0 N–H and O–H groups in total. The normalized spacial score (nSPS) is 38.5. The molecule has 0 aromatic heterocycles. The predicted molar refractivity (Wildman–Crippen MR) is 78.0 cm³/mol. The number of ether oxygens (including phenoxy) is 4. The minimum atomic E-state index is 0.292. The van der Waals surface area contributed by atoms with Crippen LogP contribution in [0.5, 0.6) is 11.5 Å². The van der Waals surface area contributed by atoms with Gasteiger partial charge in [0.15, 0.2) is 12.2 Å². The van der Waals surface area contributed by atoms with Crippen molar-refractivity contribution >= 4 is 0 Å². The Labute approximate surface area is 127 Å². The largest absolute Gasteiger partial charge is 0.485 e. The molecule has 4 heteroatoms. The Hall–Kier alpha value is -2.04. The molecule has 22 heavy (non-hydrogen) atoms. The van der Waals surface area contributed by atoms with Gasteiger partial charge in [0.2, 0.25) is 0 Å². The number of rotatable bonds is 5. The van der Waals surface area contributed by atoms with E-state index in [4.69, 9.17) is 18.9 Å². The van der Waals surface area contributed by atoms with E-state index in [1.54, 1.807) is 0 Å². The molecule has 0 radical (unpaired) electrons. The van der Waals surface area contributed by atoms with E-state index in [2.05, 4.69) is 24.3 Å². The molecule has 4 fully saturated rings. The van der Waals surface area contributed by atoms with Crippen LogP contribution < -0.4 is 9.47 Å². The van der Waals surface area contributed by atoms with E-state index in [9.17, 15) is 0 Å². The number of benzene rings is 2. The van der Waals surface area contributed by atoms with Crippen molar-refractivity contribution in [3.05, 3.63) is 48.5 Å². The van der Waals surface area contributed by atoms with Gasteiger partial charge in [-0.05, 0) is 35.4 Å². The molecule has 0 spiro atoms. The van der Waals surface area contributed by atoms with Crippen molar-refractivity contribution < 1.29 is 18.9 Å². The van der Waals surface area contributed by atoms with Crippen molar-refractivity contribution in [2.24, 2.45) is 0 Å². The van der Waals surface area contributed by atoms with Gasteiger partial charge in [0, 0.05) is 0 Å². The Morgan fingerprint density at radius 2 is 0.909 bits per heavy atom. The van der Waals surface area contributed by atoms with Crippen LogP contribution in [0.2, 0.25) is 0 Å². The van der Waals surface area contributed by atoms with Gasteiger partial charge in [-0.2, -0.15) is 0 Å². The van der Waals surface area contributed by atoms with Crippen LogP contribution in [0.25, 0.3) is 11.1 Å². The fourth-order valence-electron chi connectivity index (χ4n) is 2.90. The predicted octanol–water partition coefficient (Wildman–Crippen LogP) is 2.41. The molecule has 0 amide bonds. The van der Waals surface area contributed by atoms with Crippen LogP contribution in [-0.4, -0.2) is 36.6 Å². The summed E-state index contributed by atoms with van der Waals surface area (Å²) >= 11 is 0. The van der Waals surface area contributed by atoms with E-state index in [0.717, 1.165) is 11.5 Å². The lowest BCUT2D eigenvalue weighted by molar-refractivity contribution is 0.119. The van der Waals surface area contributed by atoms with Gasteiger partial charge in [-0.25, -0.2) is 0 Å². The third-order valence-corrected chi connectivity index (χ3v) is 4.72. The summed E-state index contributed by atoms with van der Waals surface area (Å²) in [5.41, 5.74) is 2.35. The number of epoxide rings is 2. The molecule has 110 valence electrons. The van der Waals surface area contributed by atoms with Crippen molar-refractivity contribution in [1.82, 2.24) is 0 Å². The molecule has 4 nitrogen and oxygen atoms in total. The summed E-state index contributed by atoms with van der Waals surface area (Å²) < 4.78 is 22.0. The second-order valence-corrected chi connectivity index (χ2v) is 6.34. The van der Waals surface area contributed by atoms with Gasteiger partial charge in [-0.1, -0.05) is 24.3 Å². The van der Waals surface area contributed by atoms with E-state index < -0.39 is 0 Å². The lowest BCUT2D eigenvalue weighted by Gasteiger charge is -2.10. The Morgan fingerprint density at radius 3 is 1.18 bits per heavy atom. The van der Waals surface area contributed by atoms with Crippen molar-refractivity contribution in [3.63, 3.8) is 0 Å². The summed E-state index contributed by atoms with van der Waals surface area (Å²) in [5.74, 6) is 1.83. The Balaban J connectivity index is 1.15. The van der Waals surface area contributed by atoms with Gasteiger partial charge in [-0.3, -0.25) is 0 Å². The van der Waals surface area contributed by atoms with E-state index in [-0.39, 0.29) is 0 Å². The first-order chi connectivity index (χ1) is 10.9. The van der Waals surface area contributed by atoms with E-state index in [1.807, 2.05) is 24.3 Å². The summed E-state index contributed by atoms with van der Waals surface area (Å²) in [6.45, 7) is 0. The molecule has 4 atom stereocenters. The second-order valence-electron chi connectivity index (χ2n) is 6.34. The Kier molecular flexibility index (Phi) is 2.01. The maximum atomic E-state index is 5.81. The topological polar surface area (TPSA) is 43.5 Å². The molecular weight excluding hydrogens is 280 g/mol. The third-order valence-electron chi connectivity index (χ3n) is 4.72. The van der Waals surface area contributed by atoms with Crippen LogP contribution in [0.3, 0.4) is 0 Å². The van der Waals surface area contributed by atoms with Gasteiger partial charge in [-0.15, -0.1) is 0 Å². The average Bonchev–Trinajstić information content (AvgIpc) is 3.36. The fraction of sp³-hybridized carbons (Fsp3) is 0.333. The van der Waals surface area contributed by atoms with Crippen LogP contribution in [-0.2, 0) is 9.47 Å². The lowest BCUT2D eigenvalue weighted by atomic mass is 10.1. The first-order valence-electron chi connectivity index (χ1n) is 7.72. The SMILES string of the molecule is c1cc(-c2ccc(OC3C4OC34)cc2)ccc1OC1C2OC12. The highest BCUT2D eigenvalue weighted by Gasteiger charge is 2.71. The molecule has 2 aliphatic heterocycles. The van der Waals surface area contributed by atoms with E-state index >= 15 is 0 Å². The first kappa shape index (κ1) is 11.5. The highest BCUT2D eigenvalue weighted by Crippen LogP contribution is 2.50. The van der Waals surface area contributed by atoms with E-state index in [0.29, 0.717) is 36.6 Å². The van der Waals surface area contributed by atoms with Crippen LogP contribution in [0, 0.1) is 0 Å². The van der Waals surface area contributed by atoms with Gasteiger partial charge in [0.25, 0.3) is 0 Å². The van der Waals surface area contributed by atoms with Crippen LogP contribution >= 0.6 is 0 Å². The zero-order chi connectivity index (χ0) is 14.3. The van der Waals surface area contributed by atoms with Crippen molar-refractivity contribution in [1.29, 1.82) is 0 Å². The summed E-state index contributed by atoms with van der Waals surface area (Å²) in [6.07, 6.45) is 2.07. The average molecular weight is 294 g/mol. The highest BCUT2D eigenvalue weighted by molar-refractivity contribution is 5.65. The number of fused-ring (bicyclic) bond motifs is 2. The molecule has 2 heterocycles. The summed E-state index contributed by atoms with van der Waals surface area (Å²) in [4.78, 5) is 0. The van der Waals surface area contributed by atoms with Crippen LogP contribution in [0.4, 0.5) is 0 Å². The van der Waals surface area contributed by atoms with Gasteiger partial charge < -0.3 is 18.9 Å². The fourth-order valence-corrected chi connectivity index (χ4v) is 2.90. The molecule has 2 saturated carbocycles. The molecule has 2 aliphatic carbocycles. The smallest absolute Gasteiger partial charge is 0.156 e. The van der Waals surface area contributed by atoms with Crippen LogP contribution in [0.1, 0.15) is 0 Å². The molecule has 6 rings (SSSR count). The lowest BCUT2D eigenvalue weighted by Crippen LogP contribution is -2.11. The maximum Gasteiger partial charge on any atom is 0.156 e. The number of hydrogen-bond acceptors (Lipinski definition) is 4. The minimum absolute atomic E-state index is 0.292. The molecule has 2 aromatic carbocycles. The Morgan fingerprint density at radius 1 is 0.545 bits per heavy atom. The van der Waals surface area contributed by atoms with Crippen molar-refractivity contribution in [3.8, 4) is 22.6 Å². The molecule has 4 unspecified atom stereocenters. The zero-order valence-corrected chi connectivity index (χ0v) is 11.7. The monoisotopic (exact) mass is 294 g/mol. The summed E-state index contributed by atoms with van der Waals surface area (Å²) in [5, 5.41) is 0. The van der Waals surface area contributed by atoms with Gasteiger partial charge in [0.05, 0.1) is 0 Å². The molecule has 0 bridgehead atoms. The zero-order valence-electron chi connectivity index (χ0n) is 11.7. The molecule has 4 aliphatic rings. The summed E-state index contributed by atoms with van der Waals surface area (Å²) in [6, 6.07) is 16.4. The second kappa shape index (κ2) is 3.83. The first-order valence-corrected chi connectivity index (χ1v) is 7.72. The molecule has 2 aromatic rings. The highest BCUT2D eigenvalue weighted by atomic mass is 16.7. The third kappa shape index (κ3) is 1.77. The summed E-state index contributed by atoms with van der Waals surface area (Å²) in [7, 11) is 0. The Bertz CT molecular complexity index is 657. The quantitative estimate of drug-likeness (QED) is 0.794. The minimum Gasteiger partial charge on any atom is -0.485 e. The number of hydrogen-bond donors (Lipinski definition) is 0. The molecule has 2 saturated heterocycles. The standard InChI is InChI=1S/C18H14O4/c1-5-11(19-13-15-16(13)21-15)6-2-9(1)10-3-7-12(8-4-10)20-14-17-18(14)22-17/h1-8,13-18H. The van der Waals surface area contributed by atoms with Gasteiger partial charge in [0.1, 0.15) is 35.9 Å². The van der Waals surface area contributed by atoms with Crippen molar-refractivity contribution in [2.45, 2.75) is 36.6 Å². The van der Waals surface area contributed by atoms with E-state index in [1.165, 1.54) is 11.1 Å². The van der Waals surface area contributed by atoms with Gasteiger partial charge >= 0.3 is 0 Å². The van der Waals surface area contributed by atoms with Crippen LogP contribution in [0.15, 0.2) is 48.5 Å². The van der Waals surface area contributed by atoms with Crippen molar-refractivity contribution in [2.75, 3.05) is 0 Å². The molecular formula is C18H14O4.